The predicted molar refractivity (Wildman–Crippen MR) is 115 cm³/mol. The minimum Gasteiger partial charge on any atom is -0.355 e. The standard InChI is InChI=1S/C20H29N7O3/c1-24(2)6-5-7-25(3)18(28)17-11-15(13-22-17)26(4)19(29)16-10-14(12-21-16)23-20(30)27-8-9-27/h10-13,21-22H,5-9H2,1-4H3,(H,23,30). The van der Waals surface area contributed by atoms with Gasteiger partial charge in [0.25, 0.3) is 11.8 Å². The number of nitrogens with zero attached hydrogens (tertiary/aromatic N) is 4. The number of anilines is 2. The lowest BCUT2D eigenvalue weighted by Crippen LogP contribution is -2.30. The van der Waals surface area contributed by atoms with Crippen LogP contribution in [0.1, 0.15) is 27.4 Å². The number of H-pyrrole nitrogens is 2. The Morgan fingerprint density at radius 2 is 1.63 bits per heavy atom. The lowest BCUT2D eigenvalue weighted by molar-refractivity contribution is 0.0785. The molecular formula is C20H29N7O3. The third-order valence-electron chi connectivity index (χ3n) is 4.93. The molecule has 162 valence electrons. The van der Waals surface area contributed by atoms with Crippen molar-refractivity contribution in [3.05, 3.63) is 35.9 Å². The van der Waals surface area contributed by atoms with Gasteiger partial charge < -0.3 is 34.9 Å². The summed E-state index contributed by atoms with van der Waals surface area (Å²) in [5.74, 6) is -0.402. The molecule has 0 bridgehead atoms. The molecule has 0 saturated carbocycles. The van der Waals surface area contributed by atoms with Crippen LogP contribution in [-0.2, 0) is 0 Å². The molecular weight excluding hydrogens is 386 g/mol. The summed E-state index contributed by atoms with van der Waals surface area (Å²) < 4.78 is 0. The van der Waals surface area contributed by atoms with E-state index in [1.54, 1.807) is 48.4 Å². The number of carbonyl (C=O) groups excluding carboxylic acids is 3. The summed E-state index contributed by atoms with van der Waals surface area (Å²) in [6.45, 7) is 3.06. The minimum absolute atomic E-state index is 0.124. The van der Waals surface area contributed by atoms with E-state index in [4.69, 9.17) is 0 Å². The summed E-state index contributed by atoms with van der Waals surface area (Å²) in [4.78, 5) is 49.8. The maximum Gasteiger partial charge on any atom is 0.322 e. The van der Waals surface area contributed by atoms with Gasteiger partial charge in [0.1, 0.15) is 11.4 Å². The first-order valence-electron chi connectivity index (χ1n) is 9.87. The topological polar surface area (TPSA) is 108 Å². The zero-order valence-electron chi connectivity index (χ0n) is 17.9. The highest BCUT2D eigenvalue weighted by Crippen LogP contribution is 2.20. The van der Waals surface area contributed by atoms with E-state index >= 15 is 0 Å². The Hall–Kier alpha value is -3.27. The van der Waals surface area contributed by atoms with Crippen LogP contribution in [0.3, 0.4) is 0 Å². The largest absolute Gasteiger partial charge is 0.355 e. The van der Waals surface area contributed by atoms with E-state index in [1.165, 1.54) is 4.90 Å². The van der Waals surface area contributed by atoms with Crippen molar-refractivity contribution in [3.8, 4) is 0 Å². The average Bonchev–Trinajstić information content (AvgIpc) is 3.27. The lowest BCUT2D eigenvalue weighted by atomic mass is 10.3. The molecule has 0 spiro atoms. The van der Waals surface area contributed by atoms with Gasteiger partial charge in [-0.05, 0) is 39.2 Å². The number of urea groups is 1. The Bertz CT molecular complexity index is 913. The lowest BCUT2D eigenvalue weighted by Gasteiger charge is -2.18. The minimum atomic E-state index is -0.278. The van der Waals surface area contributed by atoms with Crippen LogP contribution in [0.4, 0.5) is 16.2 Å². The monoisotopic (exact) mass is 415 g/mol. The molecule has 0 radical (unpaired) electrons. The summed E-state index contributed by atoms with van der Waals surface area (Å²) >= 11 is 0. The van der Waals surface area contributed by atoms with Crippen molar-refractivity contribution in [1.29, 1.82) is 0 Å². The Balaban J connectivity index is 1.59. The molecule has 0 aromatic carbocycles. The number of rotatable bonds is 8. The van der Waals surface area contributed by atoms with Gasteiger partial charge in [-0.15, -0.1) is 0 Å². The second kappa shape index (κ2) is 9.04. The third-order valence-corrected chi connectivity index (χ3v) is 4.93. The van der Waals surface area contributed by atoms with E-state index in [0.717, 1.165) is 26.1 Å². The molecule has 1 aliphatic rings. The highest BCUT2D eigenvalue weighted by molar-refractivity contribution is 6.06. The summed E-state index contributed by atoms with van der Waals surface area (Å²) in [5, 5.41) is 2.74. The summed E-state index contributed by atoms with van der Waals surface area (Å²) in [7, 11) is 7.39. The SMILES string of the molecule is CN(C)CCCN(C)C(=O)c1cc(N(C)C(=O)c2cc(NC(=O)N3CC3)c[nH]2)c[nH]1. The molecule has 1 aliphatic heterocycles. The van der Waals surface area contributed by atoms with E-state index in [1.807, 2.05) is 14.1 Å². The van der Waals surface area contributed by atoms with Crippen LogP contribution in [0.2, 0.25) is 0 Å². The average molecular weight is 415 g/mol. The first-order valence-corrected chi connectivity index (χ1v) is 9.87. The quantitative estimate of drug-likeness (QED) is 0.568. The van der Waals surface area contributed by atoms with Crippen LogP contribution < -0.4 is 10.2 Å². The van der Waals surface area contributed by atoms with Crippen molar-refractivity contribution in [1.82, 2.24) is 24.7 Å². The maximum atomic E-state index is 12.8. The first kappa shape index (κ1) is 21.4. The van der Waals surface area contributed by atoms with Gasteiger partial charge in [-0.3, -0.25) is 9.59 Å². The zero-order chi connectivity index (χ0) is 21.8. The maximum absolute atomic E-state index is 12.8. The fourth-order valence-corrected chi connectivity index (χ4v) is 2.97. The first-order chi connectivity index (χ1) is 14.3. The number of carbonyl (C=O) groups is 3. The van der Waals surface area contributed by atoms with Crippen molar-refractivity contribution in [2.45, 2.75) is 6.42 Å². The smallest absolute Gasteiger partial charge is 0.322 e. The van der Waals surface area contributed by atoms with Crippen molar-refractivity contribution in [2.75, 3.05) is 64.6 Å². The van der Waals surface area contributed by atoms with Crippen LogP contribution >= 0.6 is 0 Å². The van der Waals surface area contributed by atoms with E-state index < -0.39 is 0 Å². The highest BCUT2D eigenvalue weighted by atomic mass is 16.2. The Labute approximate surface area is 175 Å². The van der Waals surface area contributed by atoms with Gasteiger partial charge in [-0.25, -0.2) is 4.79 Å². The van der Waals surface area contributed by atoms with Crippen LogP contribution in [0, 0.1) is 0 Å². The molecule has 30 heavy (non-hydrogen) atoms. The fraction of sp³-hybridized carbons (Fsp3) is 0.450. The van der Waals surface area contributed by atoms with Gasteiger partial charge in [0.2, 0.25) is 0 Å². The van der Waals surface area contributed by atoms with Gasteiger partial charge in [0.05, 0.1) is 11.4 Å². The molecule has 3 heterocycles. The van der Waals surface area contributed by atoms with Gasteiger partial charge in [0.15, 0.2) is 0 Å². The Kier molecular flexibility index (Phi) is 6.46. The highest BCUT2D eigenvalue weighted by Gasteiger charge is 2.25. The second-order valence-corrected chi connectivity index (χ2v) is 7.74. The number of hydrogen-bond donors (Lipinski definition) is 3. The zero-order valence-corrected chi connectivity index (χ0v) is 17.9. The van der Waals surface area contributed by atoms with Crippen molar-refractivity contribution < 1.29 is 14.4 Å². The molecule has 0 atom stereocenters. The van der Waals surface area contributed by atoms with Crippen LogP contribution in [0.25, 0.3) is 0 Å². The summed E-state index contributed by atoms with van der Waals surface area (Å²) in [5.41, 5.74) is 1.88. The van der Waals surface area contributed by atoms with Crippen LogP contribution in [0.5, 0.6) is 0 Å². The van der Waals surface area contributed by atoms with E-state index in [-0.39, 0.29) is 17.8 Å². The molecule has 0 aliphatic carbocycles. The van der Waals surface area contributed by atoms with Crippen LogP contribution in [-0.4, -0.2) is 96.9 Å². The molecule has 1 fully saturated rings. The van der Waals surface area contributed by atoms with Crippen LogP contribution in [0.15, 0.2) is 24.5 Å². The number of aromatic nitrogens is 2. The van der Waals surface area contributed by atoms with Gasteiger partial charge in [-0.2, -0.15) is 0 Å². The molecule has 1 saturated heterocycles. The number of amides is 4. The number of hydrogen-bond acceptors (Lipinski definition) is 4. The molecule has 2 aromatic heterocycles. The molecule has 2 aromatic rings. The second-order valence-electron chi connectivity index (χ2n) is 7.74. The summed E-state index contributed by atoms with van der Waals surface area (Å²) in [6.07, 6.45) is 4.09. The van der Waals surface area contributed by atoms with Crippen molar-refractivity contribution in [3.63, 3.8) is 0 Å². The van der Waals surface area contributed by atoms with E-state index in [9.17, 15) is 14.4 Å². The van der Waals surface area contributed by atoms with Gasteiger partial charge in [-0.1, -0.05) is 0 Å². The molecule has 10 heteroatoms. The molecule has 0 unspecified atom stereocenters. The summed E-state index contributed by atoms with van der Waals surface area (Å²) in [6, 6.07) is 3.08. The molecule has 4 amide bonds. The fourth-order valence-electron chi connectivity index (χ4n) is 2.97. The van der Waals surface area contributed by atoms with Gasteiger partial charge in [0, 0.05) is 46.1 Å². The third kappa shape index (κ3) is 5.20. The molecule has 10 nitrogen and oxygen atoms in total. The predicted octanol–water partition coefficient (Wildman–Crippen LogP) is 1.49. The number of nitrogens with one attached hydrogen (secondary N) is 3. The van der Waals surface area contributed by atoms with E-state index in [2.05, 4.69) is 20.2 Å². The Morgan fingerprint density at radius 1 is 0.967 bits per heavy atom. The molecule has 3 rings (SSSR count). The Morgan fingerprint density at radius 3 is 2.30 bits per heavy atom. The van der Waals surface area contributed by atoms with Gasteiger partial charge >= 0.3 is 6.03 Å². The molecule has 3 N–H and O–H groups in total. The van der Waals surface area contributed by atoms with Crippen molar-refractivity contribution in [2.24, 2.45) is 0 Å². The number of aromatic amines is 2. The normalized spacial score (nSPS) is 12.8. The van der Waals surface area contributed by atoms with E-state index in [0.29, 0.717) is 29.3 Å². The van der Waals surface area contributed by atoms with Crippen molar-refractivity contribution >= 4 is 29.2 Å².